The number of nitrogens with zero attached hydrogens (tertiary/aromatic N) is 3. The van der Waals surface area contributed by atoms with Crippen LogP contribution in [0, 0.1) is 12.7 Å². The van der Waals surface area contributed by atoms with Gasteiger partial charge in [0, 0.05) is 36.3 Å². The highest BCUT2D eigenvalue weighted by atomic mass is 19.1. The fourth-order valence-corrected chi connectivity index (χ4v) is 3.59. The molecule has 0 fully saturated rings. The highest BCUT2D eigenvalue weighted by molar-refractivity contribution is 6.05. The lowest BCUT2D eigenvalue weighted by molar-refractivity contribution is -0.118. The van der Waals surface area contributed by atoms with Gasteiger partial charge in [-0.3, -0.25) is 9.59 Å². The Balaban J connectivity index is 1.50. The van der Waals surface area contributed by atoms with Gasteiger partial charge in [-0.25, -0.2) is 4.39 Å². The zero-order chi connectivity index (χ0) is 21.1. The van der Waals surface area contributed by atoms with E-state index in [1.807, 2.05) is 18.2 Å². The van der Waals surface area contributed by atoms with Gasteiger partial charge in [-0.2, -0.15) is 4.98 Å². The first kappa shape index (κ1) is 19.8. The molecule has 0 spiro atoms. The minimum Gasteiger partial charge on any atom is -0.339 e. The zero-order valence-corrected chi connectivity index (χ0v) is 16.5. The summed E-state index contributed by atoms with van der Waals surface area (Å²) >= 11 is 0. The van der Waals surface area contributed by atoms with Crippen molar-refractivity contribution >= 4 is 23.2 Å². The fourth-order valence-electron chi connectivity index (χ4n) is 3.59. The molecule has 0 unspecified atom stereocenters. The summed E-state index contributed by atoms with van der Waals surface area (Å²) in [5, 5.41) is 6.63. The molecule has 0 aliphatic carbocycles. The van der Waals surface area contributed by atoms with Gasteiger partial charge in [-0.1, -0.05) is 11.2 Å². The van der Waals surface area contributed by atoms with Crippen LogP contribution in [0.5, 0.6) is 0 Å². The lowest BCUT2D eigenvalue weighted by Gasteiger charge is -2.31. The van der Waals surface area contributed by atoms with Crippen LogP contribution in [0.4, 0.5) is 15.8 Å². The van der Waals surface area contributed by atoms with Crippen molar-refractivity contribution in [2.45, 2.75) is 32.6 Å². The Labute approximate surface area is 172 Å². The first-order valence-corrected chi connectivity index (χ1v) is 9.79. The average Bonchev–Trinajstić information content (AvgIpc) is 3.17. The summed E-state index contributed by atoms with van der Waals surface area (Å²) in [6.45, 7) is 2.35. The second kappa shape index (κ2) is 8.44. The van der Waals surface area contributed by atoms with Gasteiger partial charge >= 0.3 is 0 Å². The molecule has 0 radical (unpaired) electrons. The second-order valence-electron chi connectivity index (χ2n) is 7.15. The lowest BCUT2D eigenvalue weighted by Crippen LogP contribution is -2.36. The van der Waals surface area contributed by atoms with Gasteiger partial charge in [0.05, 0.1) is 0 Å². The number of hydrogen-bond donors (Lipinski definition) is 1. The quantitative estimate of drug-likeness (QED) is 0.696. The number of carbonyl (C=O) groups excluding carboxylic acids is 2. The van der Waals surface area contributed by atoms with E-state index in [4.69, 9.17) is 4.52 Å². The number of hydrogen-bond acceptors (Lipinski definition) is 5. The van der Waals surface area contributed by atoms with Crippen LogP contribution >= 0.6 is 0 Å². The molecule has 30 heavy (non-hydrogen) atoms. The molecule has 3 aromatic rings. The Morgan fingerprint density at radius 3 is 2.73 bits per heavy atom. The van der Waals surface area contributed by atoms with E-state index in [-0.39, 0.29) is 18.2 Å². The van der Waals surface area contributed by atoms with E-state index < -0.39 is 5.82 Å². The Bertz CT molecular complexity index is 1080. The maximum Gasteiger partial charge on any atom is 0.255 e. The van der Waals surface area contributed by atoms with Crippen LogP contribution in [0.15, 0.2) is 47.0 Å². The topological polar surface area (TPSA) is 88.3 Å². The highest BCUT2D eigenvalue weighted by Crippen LogP contribution is 2.33. The van der Waals surface area contributed by atoms with Crippen LogP contribution in [0.3, 0.4) is 0 Å². The number of anilines is 2. The third kappa shape index (κ3) is 4.22. The number of nitrogens with one attached hydrogen (secondary N) is 1. The number of benzene rings is 2. The summed E-state index contributed by atoms with van der Waals surface area (Å²) in [7, 11) is 0. The van der Waals surface area contributed by atoms with Gasteiger partial charge in [0.1, 0.15) is 5.82 Å². The fraction of sp³-hybridized carbons (Fsp3) is 0.273. The van der Waals surface area contributed by atoms with E-state index in [0.717, 1.165) is 24.1 Å². The lowest BCUT2D eigenvalue weighted by atomic mass is 9.98. The minimum atomic E-state index is -0.395. The monoisotopic (exact) mass is 408 g/mol. The molecule has 1 N–H and O–H groups in total. The number of aryl methyl sites for hydroxylation is 2. The molecule has 2 heterocycles. The summed E-state index contributed by atoms with van der Waals surface area (Å²) in [5.41, 5.74) is 2.74. The average molecular weight is 408 g/mol. The van der Waals surface area contributed by atoms with Crippen molar-refractivity contribution in [2.75, 3.05) is 16.8 Å². The molecule has 2 amide bonds. The third-order valence-electron chi connectivity index (χ3n) is 5.03. The van der Waals surface area contributed by atoms with Gasteiger partial charge in [0.2, 0.25) is 11.8 Å². The first-order chi connectivity index (χ1) is 14.5. The predicted octanol–water partition coefficient (Wildman–Crippen LogP) is 3.68. The van der Waals surface area contributed by atoms with Gasteiger partial charge in [-0.15, -0.1) is 0 Å². The van der Waals surface area contributed by atoms with Gasteiger partial charge in [0.15, 0.2) is 5.82 Å². The molecule has 2 aromatic carbocycles. The Morgan fingerprint density at radius 1 is 1.20 bits per heavy atom. The Kier molecular flexibility index (Phi) is 5.56. The number of fused-ring (bicyclic) bond motifs is 1. The normalized spacial score (nSPS) is 13.1. The first-order valence-electron chi connectivity index (χ1n) is 9.79. The second-order valence-corrected chi connectivity index (χ2v) is 7.15. The van der Waals surface area contributed by atoms with Crippen LogP contribution in [-0.2, 0) is 17.6 Å². The number of halogens is 1. The van der Waals surface area contributed by atoms with E-state index in [0.29, 0.717) is 35.9 Å². The van der Waals surface area contributed by atoms with Gasteiger partial charge in [-0.05, 0) is 61.7 Å². The van der Waals surface area contributed by atoms with E-state index in [2.05, 4.69) is 15.5 Å². The molecule has 8 heteroatoms. The van der Waals surface area contributed by atoms with E-state index in [1.165, 1.54) is 24.3 Å². The summed E-state index contributed by atoms with van der Waals surface area (Å²) in [5.74, 6) is 0.238. The van der Waals surface area contributed by atoms with Crippen LogP contribution < -0.4 is 10.2 Å². The third-order valence-corrected chi connectivity index (χ3v) is 5.03. The molecular formula is C22H21FN4O3. The number of carbonyl (C=O) groups is 2. The summed E-state index contributed by atoms with van der Waals surface area (Å²) in [4.78, 5) is 31.3. The van der Waals surface area contributed by atoms with E-state index >= 15 is 0 Å². The van der Waals surface area contributed by atoms with Crippen molar-refractivity contribution in [1.82, 2.24) is 10.1 Å². The molecule has 0 saturated heterocycles. The maximum atomic E-state index is 13.1. The summed E-state index contributed by atoms with van der Waals surface area (Å²) in [6, 6.07) is 10.9. The minimum absolute atomic E-state index is 0.0335. The van der Waals surface area contributed by atoms with Crippen LogP contribution in [-0.4, -0.2) is 28.5 Å². The SMILES string of the molecule is Cc1noc(CCC(=O)N2CCCc3c(NC(=O)c4ccc(F)cc4)cccc32)n1. The number of aromatic nitrogens is 2. The number of rotatable bonds is 5. The molecule has 0 bridgehead atoms. The van der Waals surface area contributed by atoms with Crippen LogP contribution in [0.1, 0.15) is 40.5 Å². The van der Waals surface area contributed by atoms with Crippen molar-refractivity contribution in [1.29, 1.82) is 0 Å². The molecule has 0 atom stereocenters. The standard InChI is InChI=1S/C22H21FN4O3/c1-14-24-20(30-26-14)11-12-21(28)27-13-3-4-17-18(5-2-6-19(17)27)25-22(29)15-7-9-16(23)10-8-15/h2,5-10H,3-4,11-13H2,1H3,(H,25,29). The molecule has 1 aliphatic heterocycles. The van der Waals surface area contributed by atoms with Crippen molar-refractivity contribution in [2.24, 2.45) is 0 Å². The highest BCUT2D eigenvalue weighted by Gasteiger charge is 2.25. The Morgan fingerprint density at radius 2 is 2.00 bits per heavy atom. The van der Waals surface area contributed by atoms with E-state index in [9.17, 15) is 14.0 Å². The van der Waals surface area contributed by atoms with Crippen molar-refractivity contribution in [3.8, 4) is 0 Å². The maximum absolute atomic E-state index is 13.1. The molecular weight excluding hydrogens is 387 g/mol. The largest absolute Gasteiger partial charge is 0.339 e. The van der Waals surface area contributed by atoms with Gasteiger partial charge < -0.3 is 14.7 Å². The molecule has 7 nitrogen and oxygen atoms in total. The van der Waals surface area contributed by atoms with Crippen LogP contribution in [0.2, 0.25) is 0 Å². The summed E-state index contributed by atoms with van der Waals surface area (Å²) in [6.07, 6.45) is 2.18. The smallest absolute Gasteiger partial charge is 0.255 e. The predicted molar refractivity (Wildman–Crippen MR) is 109 cm³/mol. The van der Waals surface area contributed by atoms with Crippen molar-refractivity contribution in [3.63, 3.8) is 0 Å². The van der Waals surface area contributed by atoms with E-state index in [1.54, 1.807) is 11.8 Å². The summed E-state index contributed by atoms with van der Waals surface area (Å²) < 4.78 is 18.2. The molecule has 1 aliphatic rings. The van der Waals surface area contributed by atoms with Crippen molar-refractivity contribution < 1.29 is 18.5 Å². The molecule has 1 aromatic heterocycles. The number of amides is 2. The Hall–Kier alpha value is -3.55. The van der Waals surface area contributed by atoms with Crippen molar-refractivity contribution in [3.05, 3.63) is 71.1 Å². The molecule has 0 saturated carbocycles. The van der Waals surface area contributed by atoms with Gasteiger partial charge in [0.25, 0.3) is 5.91 Å². The zero-order valence-electron chi connectivity index (χ0n) is 16.5. The molecule has 4 rings (SSSR count). The van der Waals surface area contributed by atoms with Crippen LogP contribution in [0.25, 0.3) is 0 Å². The molecule has 154 valence electrons.